The van der Waals surface area contributed by atoms with Crippen LogP contribution in [0.4, 0.5) is 10.5 Å². The summed E-state index contributed by atoms with van der Waals surface area (Å²) in [4.78, 5) is 14.8. The van der Waals surface area contributed by atoms with Crippen LogP contribution in [-0.2, 0) is 16.0 Å². The minimum atomic E-state index is -0.583. The molecule has 0 spiro atoms. The maximum absolute atomic E-state index is 12.5. The summed E-state index contributed by atoms with van der Waals surface area (Å²) in [5.74, 6) is 0. The van der Waals surface area contributed by atoms with E-state index < -0.39 is 11.7 Å². The fraction of sp³-hybridized carbons (Fsp3) is 0.529. The Balaban J connectivity index is 1.96. The van der Waals surface area contributed by atoms with Gasteiger partial charge in [-0.3, -0.25) is 4.90 Å². The van der Waals surface area contributed by atoms with E-state index in [4.69, 9.17) is 15.2 Å². The van der Waals surface area contributed by atoms with Gasteiger partial charge in [0.15, 0.2) is 0 Å². The van der Waals surface area contributed by atoms with Gasteiger partial charge < -0.3 is 15.2 Å². The summed E-state index contributed by atoms with van der Waals surface area (Å²) in [5.41, 5.74) is 7.42. The Kier molecular flexibility index (Phi) is 4.47. The number of benzene rings is 1. The lowest BCUT2D eigenvalue weighted by molar-refractivity contribution is 0.0334. The van der Waals surface area contributed by atoms with Crippen molar-refractivity contribution in [3.63, 3.8) is 0 Å². The predicted molar refractivity (Wildman–Crippen MR) is 91.9 cm³/mol. The maximum atomic E-state index is 12.5. The van der Waals surface area contributed by atoms with E-state index in [1.807, 2.05) is 32.9 Å². The van der Waals surface area contributed by atoms with Crippen LogP contribution in [0.1, 0.15) is 26.5 Å². The quantitative estimate of drug-likeness (QED) is 0.849. The summed E-state index contributed by atoms with van der Waals surface area (Å²) in [6.07, 6.45) is -0.494. The minimum absolute atomic E-state index is 0.494. The number of carbonyl (C=O) groups excluding carboxylic acids is 1. The third-order valence-corrected chi connectivity index (χ3v) is 3.83. The van der Waals surface area contributed by atoms with Crippen LogP contribution in [0.3, 0.4) is 0 Å². The van der Waals surface area contributed by atoms with Crippen molar-refractivity contribution in [2.75, 3.05) is 32.0 Å². The third kappa shape index (κ3) is 3.68. The summed E-state index contributed by atoms with van der Waals surface area (Å²) < 4.78 is 12.2. The highest BCUT2D eigenvalue weighted by Gasteiger charge is 2.23. The molecule has 1 aliphatic heterocycles. The van der Waals surface area contributed by atoms with Crippen LogP contribution in [0.25, 0.3) is 10.9 Å². The topological polar surface area (TPSA) is 82.6 Å². The molecule has 130 valence electrons. The highest BCUT2D eigenvalue weighted by molar-refractivity contribution is 5.91. The van der Waals surface area contributed by atoms with Crippen molar-refractivity contribution in [1.82, 2.24) is 14.7 Å². The minimum Gasteiger partial charge on any atom is -0.442 e. The lowest BCUT2D eigenvalue weighted by Gasteiger charge is -2.25. The third-order valence-electron chi connectivity index (χ3n) is 3.83. The molecule has 0 bridgehead atoms. The Morgan fingerprint density at radius 1 is 1.33 bits per heavy atom. The summed E-state index contributed by atoms with van der Waals surface area (Å²) in [6, 6.07) is 5.50. The number of rotatable bonds is 2. The van der Waals surface area contributed by atoms with Crippen molar-refractivity contribution in [3.05, 3.63) is 23.9 Å². The average molecular weight is 332 g/mol. The van der Waals surface area contributed by atoms with Crippen LogP contribution >= 0.6 is 0 Å². The Morgan fingerprint density at radius 2 is 2.04 bits per heavy atom. The molecule has 0 aliphatic carbocycles. The van der Waals surface area contributed by atoms with Gasteiger partial charge in [0.25, 0.3) is 0 Å². The lowest BCUT2D eigenvalue weighted by atomic mass is 10.2. The van der Waals surface area contributed by atoms with Gasteiger partial charge in [-0.1, -0.05) is 0 Å². The summed E-state index contributed by atoms with van der Waals surface area (Å²) in [6.45, 7) is 9.32. The zero-order valence-electron chi connectivity index (χ0n) is 14.4. The van der Waals surface area contributed by atoms with E-state index in [0.717, 1.165) is 37.4 Å². The van der Waals surface area contributed by atoms with Gasteiger partial charge >= 0.3 is 6.09 Å². The molecule has 2 N–H and O–H groups in total. The Labute approximate surface area is 141 Å². The Hall–Kier alpha value is -2.12. The van der Waals surface area contributed by atoms with Crippen LogP contribution in [0.15, 0.2) is 18.2 Å². The van der Waals surface area contributed by atoms with Gasteiger partial charge in [-0.2, -0.15) is 9.78 Å². The normalized spacial score (nSPS) is 16.5. The van der Waals surface area contributed by atoms with Crippen molar-refractivity contribution in [3.8, 4) is 0 Å². The molecule has 0 radical (unpaired) electrons. The molecule has 1 aromatic carbocycles. The second-order valence-corrected chi connectivity index (χ2v) is 7.00. The van der Waals surface area contributed by atoms with Gasteiger partial charge in [-0.15, -0.1) is 0 Å². The van der Waals surface area contributed by atoms with Gasteiger partial charge in [-0.25, -0.2) is 4.79 Å². The summed E-state index contributed by atoms with van der Waals surface area (Å²) in [7, 11) is 0. The van der Waals surface area contributed by atoms with Crippen LogP contribution in [0.2, 0.25) is 0 Å². The SMILES string of the molecule is CC(C)(C)OC(=O)n1nc(CN2CCOCC2)c2ccc(N)cc21. The van der Waals surface area contributed by atoms with Crippen molar-refractivity contribution in [2.45, 2.75) is 32.9 Å². The molecule has 24 heavy (non-hydrogen) atoms. The van der Waals surface area contributed by atoms with Crippen LogP contribution in [0.5, 0.6) is 0 Å². The number of nitrogens with zero attached hydrogens (tertiary/aromatic N) is 3. The van der Waals surface area contributed by atoms with E-state index in [1.165, 1.54) is 4.68 Å². The molecule has 1 saturated heterocycles. The molecule has 0 saturated carbocycles. The van der Waals surface area contributed by atoms with Gasteiger partial charge in [-0.05, 0) is 39.0 Å². The molecule has 1 fully saturated rings. The van der Waals surface area contributed by atoms with Crippen LogP contribution < -0.4 is 5.73 Å². The van der Waals surface area contributed by atoms with E-state index >= 15 is 0 Å². The number of nitrogens with two attached hydrogens (primary N) is 1. The zero-order valence-corrected chi connectivity index (χ0v) is 14.4. The molecule has 2 aromatic rings. The molecule has 2 heterocycles. The molecule has 0 amide bonds. The fourth-order valence-corrected chi connectivity index (χ4v) is 2.73. The first kappa shape index (κ1) is 16.7. The number of aromatic nitrogens is 2. The number of anilines is 1. The van der Waals surface area contributed by atoms with Crippen molar-refractivity contribution in [1.29, 1.82) is 0 Å². The maximum Gasteiger partial charge on any atom is 0.435 e. The van der Waals surface area contributed by atoms with Gasteiger partial charge in [0.2, 0.25) is 0 Å². The molecule has 0 atom stereocenters. The molecule has 0 unspecified atom stereocenters. The highest BCUT2D eigenvalue weighted by Crippen LogP contribution is 2.24. The second kappa shape index (κ2) is 6.41. The molecule has 1 aromatic heterocycles. The van der Waals surface area contributed by atoms with Crippen molar-refractivity contribution in [2.24, 2.45) is 0 Å². The highest BCUT2D eigenvalue weighted by atomic mass is 16.6. The van der Waals surface area contributed by atoms with E-state index in [0.29, 0.717) is 17.7 Å². The average Bonchev–Trinajstić information content (AvgIpc) is 2.84. The van der Waals surface area contributed by atoms with E-state index in [-0.39, 0.29) is 0 Å². The van der Waals surface area contributed by atoms with Gasteiger partial charge in [0.1, 0.15) is 5.60 Å². The van der Waals surface area contributed by atoms with Crippen LogP contribution in [-0.4, -0.2) is 52.7 Å². The monoisotopic (exact) mass is 332 g/mol. The number of hydrogen-bond acceptors (Lipinski definition) is 6. The molecule has 7 nitrogen and oxygen atoms in total. The number of hydrogen-bond donors (Lipinski definition) is 1. The van der Waals surface area contributed by atoms with Gasteiger partial charge in [0.05, 0.1) is 24.4 Å². The number of ether oxygens (including phenoxy) is 2. The first-order chi connectivity index (χ1) is 11.3. The smallest absolute Gasteiger partial charge is 0.435 e. The molecule has 3 rings (SSSR count). The molecular weight excluding hydrogens is 308 g/mol. The number of fused-ring (bicyclic) bond motifs is 1. The molecule has 1 aliphatic rings. The van der Waals surface area contributed by atoms with Crippen molar-refractivity contribution < 1.29 is 14.3 Å². The summed E-state index contributed by atoms with van der Waals surface area (Å²) in [5, 5.41) is 5.43. The van der Waals surface area contributed by atoms with Gasteiger partial charge in [0, 0.05) is 30.7 Å². The number of morpholine rings is 1. The Bertz CT molecular complexity index is 742. The Morgan fingerprint density at radius 3 is 2.71 bits per heavy atom. The molecular formula is C17H24N4O3. The van der Waals surface area contributed by atoms with Crippen molar-refractivity contribution >= 4 is 22.7 Å². The van der Waals surface area contributed by atoms with E-state index in [9.17, 15) is 4.79 Å². The first-order valence-electron chi connectivity index (χ1n) is 8.14. The number of nitrogen functional groups attached to an aromatic ring is 1. The largest absolute Gasteiger partial charge is 0.442 e. The standard InChI is InChI=1S/C17H24N4O3/c1-17(2,3)24-16(22)21-15-10-12(18)4-5-13(15)14(19-21)11-20-6-8-23-9-7-20/h4-5,10H,6-9,11,18H2,1-3H3. The molecule has 7 heteroatoms. The second-order valence-electron chi connectivity index (χ2n) is 7.00. The zero-order chi connectivity index (χ0) is 17.3. The van der Waals surface area contributed by atoms with E-state index in [1.54, 1.807) is 6.07 Å². The predicted octanol–water partition coefficient (Wildman–Crippen LogP) is 2.23. The first-order valence-corrected chi connectivity index (χ1v) is 8.14. The lowest BCUT2D eigenvalue weighted by Crippen LogP contribution is -2.35. The number of carbonyl (C=O) groups is 1. The fourth-order valence-electron chi connectivity index (χ4n) is 2.73. The van der Waals surface area contributed by atoms with Crippen LogP contribution in [0, 0.1) is 0 Å². The summed E-state index contributed by atoms with van der Waals surface area (Å²) >= 11 is 0. The van der Waals surface area contributed by atoms with E-state index in [2.05, 4.69) is 10.00 Å².